The first-order valence-corrected chi connectivity index (χ1v) is 7.04. The van der Waals surface area contributed by atoms with E-state index in [0.717, 1.165) is 5.56 Å². The molecule has 0 radical (unpaired) electrons. The van der Waals surface area contributed by atoms with Crippen LogP contribution in [0.25, 0.3) is 0 Å². The second-order valence-electron chi connectivity index (χ2n) is 4.73. The van der Waals surface area contributed by atoms with Crippen LogP contribution in [0.3, 0.4) is 0 Å². The largest absolute Gasteiger partial charge is 0.486 e. The highest BCUT2D eigenvalue weighted by molar-refractivity contribution is 5.89. The Bertz CT molecular complexity index is 689. The summed E-state index contributed by atoms with van der Waals surface area (Å²) in [4.78, 5) is 21.9. The van der Waals surface area contributed by atoms with E-state index in [1.165, 1.54) is 19.2 Å². The van der Waals surface area contributed by atoms with Gasteiger partial charge in [0.25, 0.3) is 0 Å². The van der Waals surface area contributed by atoms with Crippen LogP contribution in [0.2, 0.25) is 0 Å². The lowest BCUT2D eigenvalue weighted by Gasteiger charge is -2.09. The van der Waals surface area contributed by atoms with Crippen LogP contribution in [0.15, 0.2) is 48.5 Å². The van der Waals surface area contributed by atoms with E-state index in [4.69, 9.17) is 4.74 Å². The Morgan fingerprint density at radius 1 is 1.22 bits per heavy atom. The van der Waals surface area contributed by atoms with Crippen LogP contribution >= 0.6 is 0 Å². The average Bonchev–Trinajstić information content (AvgIpc) is 2.56. The third kappa shape index (κ3) is 4.70. The van der Waals surface area contributed by atoms with Crippen LogP contribution in [0, 0.1) is 10.1 Å². The minimum Gasteiger partial charge on any atom is -0.486 e. The van der Waals surface area contributed by atoms with Crippen LogP contribution in [0.5, 0.6) is 5.75 Å². The highest BCUT2D eigenvalue weighted by Gasteiger charge is 2.16. The predicted octanol–water partition coefficient (Wildman–Crippen LogP) is 2.97. The Morgan fingerprint density at radius 2 is 1.96 bits per heavy atom. The first-order valence-electron chi connectivity index (χ1n) is 7.04. The molecule has 0 fully saturated rings. The lowest BCUT2D eigenvalue weighted by atomic mass is 10.2. The summed E-state index contributed by atoms with van der Waals surface area (Å²) in [6.07, 6.45) is 0.649. The van der Waals surface area contributed by atoms with Gasteiger partial charge in [-0.3, -0.25) is 10.1 Å². The van der Waals surface area contributed by atoms with E-state index >= 15 is 0 Å². The third-order valence-electron chi connectivity index (χ3n) is 3.13. The lowest BCUT2D eigenvalue weighted by molar-refractivity contribution is -0.385. The molecule has 120 valence electrons. The molecule has 7 nitrogen and oxygen atoms in total. The van der Waals surface area contributed by atoms with Crippen molar-refractivity contribution in [2.45, 2.75) is 6.42 Å². The van der Waals surface area contributed by atoms with Crippen molar-refractivity contribution in [3.05, 3.63) is 64.2 Å². The standard InChI is InChI=1S/C16H17N3O4/c1-17-16(20)18-13-7-8-15(14(11-13)19(21)22)23-10-9-12-5-3-2-4-6-12/h2-8,11H,9-10H2,1H3,(H2,17,18,20). The van der Waals surface area contributed by atoms with E-state index in [-0.39, 0.29) is 11.4 Å². The molecule has 0 spiro atoms. The normalized spacial score (nSPS) is 9.96. The highest BCUT2D eigenvalue weighted by atomic mass is 16.6. The van der Waals surface area contributed by atoms with Gasteiger partial charge in [-0.25, -0.2) is 4.79 Å². The molecule has 0 aliphatic rings. The molecular weight excluding hydrogens is 298 g/mol. The number of urea groups is 1. The molecule has 2 aromatic rings. The van der Waals surface area contributed by atoms with Crippen molar-refractivity contribution in [3.63, 3.8) is 0 Å². The molecular formula is C16H17N3O4. The Hall–Kier alpha value is -3.09. The number of ether oxygens (including phenoxy) is 1. The molecule has 0 saturated heterocycles. The molecule has 0 bridgehead atoms. The molecule has 2 rings (SSSR count). The minimum atomic E-state index is -0.535. The summed E-state index contributed by atoms with van der Waals surface area (Å²) in [5.74, 6) is 0.174. The maximum absolute atomic E-state index is 11.3. The number of rotatable bonds is 6. The number of carbonyl (C=O) groups excluding carboxylic acids is 1. The number of hydrogen-bond acceptors (Lipinski definition) is 4. The number of nitro benzene ring substituents is 1. The zero-order valence-electron chi connectivity index (χ0n) is 12.6. The lowest BCUT2D eigenvalue weighted by Crippen LogP contribution is -2.24. The Kier molecular flexibility index (Phi) is 5.51. The van der Waals surface area contributed by atoms with E-state index in [2.05, 4.69) is 10.6 Å². The zero-order valence-corrected chi connectivity index (χ0v) is 12.6. The van der Waals surface area contributed by atoms with Gasteiger partial charge in [0.15, 0.2) is 5.75 Å². The van der Waals surface area contributed by atoms with Gasteiger partial charge in [-0.1, -0.05) is 30.3 Å². The summed E-state index contributed by atoms with van der Waals surface area (Å²) in [5, 5.41) is 16.0. The molecule has 0 aliphatic carbocycles. The van der Waals surface area contributed by atoms with Crippen molar-refractivity contribution in [1.82, 2.24) is 5.32 Å². The predicted molar refractivity (Wildman–Crippen MR) is 86.8 cm³/mol. The Labute approximate surface area is 133 Å². The van der Waals surface area contributed by atoms with E-state index in [1.54, 1.807) is 6.07 Å². The van der Waals surface area contributed by atoms with Gasteiger partial charge in [0.05, 0.1) is 11.5 Å². The van der Waals surface area contributed by atoms with Crippen LogP contribution in [-0.2, 0) is 6.42 Å². The van der Waals surface area contributed by atoms with Crippen molar-refractivity contribution in [3.8, 4) is 5.75 Å². The van der Waals surface area contributed by atoms with Crippen molar-refractivity contribution in [2.24, 2.45) is 0 Å². The summed E-state index contributed by atoms with van der Waals surface area (Å²) in [6, 6.07) is 13.6. The van der Waals surface area contributed by atoms with E-state index in [9.17, 15) is 14.9 Å². The van der Waals surface area contributed by atoms with Gasteiger partial charge < -0.3 is 15.4 Å². The number of nitro groups is 1. The number of amides is 2. The summed E-state index contributed by atoms with van der Waals surface area (Å²) in [5.41, 5.74) is 1.23. The zero-order chi connectivity index (χ0) is 16.7. The van der Waals surface area contributed by atoms with Crippen molar-refractivity contribution in [2.75, 3.05) is 19.0 Å². The topological polar surface area (TPSA) is 93.5 Å². The van der Waals surface area contributed by atoms with Gasteiger partial charge in [0, 0.05) is 25.2 Å². The monoisotopic (exact) mass is 315 g/mol. The van der Waals surface area contributed by atoms with E-state index in [0.29, 0.717) is 18.7 Å². The Balaban J connectivity index is 2.05. The van der Waals surface area contributed by atoms with Gasteiger partial charge >= 0.3 is 11.7 Å². The first kappa shape index (κ1) is 16.3. The summed E-state index contributed by atoms with van der Waals surface area (Å²) in [7, 11) is 1.46. The number of benzene rings is 2. The van der Waals surface area contributed by atoms with Crippen LogP contribution in [-0.4, -0.2) is 24.6 Å². The van der Waals surface area contributed by atoms with Gasteiger partial charge in [0.1, 0.15) is 0 Å². The maximum Gasteiger partial charge on any atom is 0.318 e. The maximum atomic E-state index is 11.3. The number of anilines is 1. The fraction of sp³-hybridized carbons (Fsp3) is 0.188. The van der Waals surface area contributed by atoms with Gasteiger partial charge in [-0.05, 0) is 17.7 Å². The van der Waals surface area contributed by atoms with Gasteiger partial charge in [-0.2, -0.15) is 0 Å². The minimum absolute atomic E-state index is 0.174. The molecule has 0 aliphatic heterocycles. The summed E-state index contributed by atoms with van der Waals surface area (Å²) in [6.45, 7) is 0.326. The fourth-order valence-corrected chi connectivity index (χ4v) is 1.98. The van der Waals surface area contributed by atoms with Crippen LogP contribution in [0.1, 0.15) is 5.56 Å². The second-order valence-corrected chi connectivity index (χ2v) is 4.73. The SMILES string of the molecule is CNC(=O)Nc1ccc(OCCc2ccccc2)c([N+](=O)[O-])c1. The summed E-state index contributed by atoms with van der Waals surface area (Å²) >= 11 is 0. The van der Waals surface area contributed by atoms with Crippen LogP contribution in [0.4, 0.5) is 16.2 Å². The molecule has 23 heavy (non-hydrogen) atoms. The smallest absolute Gasteiger partial charge is 0.318 e. The first-order chi connectivity index (χ1) is 11.1. The molecule has 2 amide bonds. The molecule has 0 unspecified atom stereocenters. The quantitative estimate of drug-likeness (QED) is 0.633. The number of nitrogens with zero attached hydrogens (tertiary/aromatic N) is 1. The van der Waals surface area contributed by atoms with Crippen molar-refractivity contribution >= 4 is 17.4 Å². The van der Waals surface area contributed by atoms with Crippen molar-refractivity contribution in [1.29, 1.82) is 0 Å². The van der Waals surface area contributed by atoms with Gasteiger partial charge in [-0.15, -0.1) is 0 Å². The fourth-order valence-electron chi connectivity index (χ4n) is 1.98. The van der Waals surface area contributed by atoms with Crippen molar-refractivity contribution < 1.29 is 14.5 Å². The van der Waals surface area contributed by atoms with Crippen LogP contribution < -0.4 is 15.4 Å². The van der Waals surface area contributed by atoms with E-state index < -0.39 is 11.0 Å². The molecule has 2 aromatic carbocycles. The molecule has 7 heteroatoms. The second kappa shape index (κ2) is 7.79. The third-order valence-corrected chi connectivity index (χ3v) is 3.13. The summed E-state index contributed by atoms with van der Waals surface area (Å²) < 4.78 is 5.52. The molecule has 0 heterocycles. The Morgan fingerprint density at radius 3 is 2.61 bits per heavy atom. The molecule has 2 N–H and O–H groups in total. The molecule has 0 saturated carbocycles. The highest BCUT2D eigenvalue weighted by Crippen LogP contribution is 2.30. The number of hydrogen-bond donors (Lipinski definition) is 2. The molecule has 0 atom stereocenters. The van der Waals surface area contributed by atoms with Gasteiger partial charge in [0.2, 0.25) is 0 Å². The number of carbonyl (C=O) groups is 1. The molecule has 0 aromatic heterocycles. The average molecular weight is 315 g/mol. The number of nitrogens with one attached hydrogen (secondary N) is 2. The van der Waals surface area contributed by atoms with E-state index in [1.807, 2.05) is 30.3 Å².